The SMILES string of the molecule is C=C/C=C(C=C)/C(=C(\C=C/CC)c1ccccc1)c1ccc(OCCN(C)C)cc1.CCCN(C)O. The maximum Gasteiger partial charge on any atom is 0.119 e. The molecule has 0 amide bonds. The molecule has 4 heteroatoms. The van der Waals surface area contributed by atoms with Gasteiger partial charge in [-0.15, -0.1) is 0 Å². The Morgan fingerprint density at radius 2 is 1.58 bits per heavy atom. The molecule has 2 aromatic carbocycles. The monoisotopic (exact) mass is 488 g/mol. The van der Waals surface area contributed by atoms with Crippen LogP contribution < -0.4 is 4.74 Å². The van der Waals surface area contributed by atoms with Gasteiger partial charge >= 0.3 is 0 Å². The highest BCUT2D eigenvalue weighted by atomic mass is 16.5. The Kier molecular flexibility index (Phi) is 15.5. The number of hydroxylamine groups is 2. The average Bonchev–Trinajstić information content (AvgIpc) is 2.87. The molecule has 0 radical (unpaired) electrons. The Hall–Kier alpha value is -3.18. The minimum Gasteiger partial charge on any atom is -0.492 e. The van der Waals surface area contributed by atoms with Gasteiger partial charge < -0.3 is 14.8 Å². The van der Waals surface area contributed by atoms with Crippen LogP contribution in [-0.4, -0.2) is 56.0 Å². The lowest BCUT2D eigenvalue weighted by Crippen LogP contribution is -2.19. The summed E-state index contributed by atoms with van der Waals surface area (Å²) in [6.45, 7) is 14.4. The maximum atomic E-state index is 8.39. The molecule has 1 N–H and O–H groups in total. The minimum atomic E-state index is 0.665. The van der Waals surface area contributed by atoms with Gasteiger partial charge in [0.05, 0.1) is 0 Å². The number of likely N-dealkylation sites (N-methyl/N-ethyl adjacent to an activating group) is 1. The first kappa shape index (κ1) is 30.9. The van der Waals surface area contributed by atoms with Gasteiger partial charge in [0.25, 0.3) is 0 Å². The third-order valence-corrected chi connectivity index (χ3v) is 5.18. The number of rotatable bonds is 13. The van der Waals surface area contributed by atoms with Crippen LogP contribution in [0.2, 0.25) is 0 Å². The smallest absolute Gasteiger partial charge is 0.119 e. The van der Waals surface area contributed by atoms with Gasteiger partial charge in [0.1, 0.15) is 12.4 Å². The number of ether oxygens (including phenoxy) is 1. The van der Waals surface area contributed by atoms with E-state index in [0.717, 1.165) is 54.0 Å². The lowest BCUT2D eigenvalue weighted by Gasteiger charge is -2.16. The summed E-state index contributed by atoms with van der Waals surface area (Å²) in [7, 11) is 5.73. The van der Waals surface area contributed by atoms with Crippen LogP contribution in [-0.2, 0) is 0 Å². The largest absolute Gasteiger partial charge is 0.492 e. The highest BCUT2D eigenvalue weighted by molar-refractivity contribution is 6.03. The molecule has 0 unspecified atom stereocenters. The molecule has 4 nitrogen and oxygen atoms in total. The second-order valence-electron chi connectivity index (χ2n) is 8.58. The summed E-state index contributed by atoms with van der Waals surface area (Å²) in [6.07, 6.45) is 12.1. The number of nitrogens with zero attached hydrogens (tertiary/aromatic N) is 2. The first-order chi connectivity index (χ1) is 17.4. The molecule has 2 rings (SSSR count). The lowest BCUT2D eigenvalue weighted by molar-refractivity contribution is -0.0642. The predicted octanol–water partition coefficient (Wildman–Crippen LogP) is 7.52. The van der Waals surface area contributed by atoms with E-state index in [1.807, 2.05) is 57.4 Å². The summed E-state index contributed by atoms with van der Waals surface area (Å²) in [5.41, 5.74) is 5.60. The van der Waals surface area contributed by atoms with Crippen LogP contribution in [0.3, 0.4) is 0 Å². The molecule has 0 aliphatic carbocycles. The number of benzene rings is 2. The van der Waals surface area contributed by atoms with E-state index in [2.05, 4.69) is 73.5 Å². The zero-order valence-corrected chi connectivity index (χ0v) is 22.8. The van der Waals surface area contributed by atoms with Gasteiger partial charge in [-0.3, -0.25) is 0 Å². The molecule has 0 spiro atoms. The van der Waals surface area contributed by atoms with E-state index in [-0.39, 0.29) is 0 Å². The van der Waals surface area contributed by atoms with Crippen LogP contribution in [0.25, 0.3) is 11.1 Å². The summed E-state index contributed by atoms with van der Waals surface area (Å²) in [5.74, 6) is 0.873. The number of hydrogen-bond acceptors (Lipinski definition) is 4. The molecule has 0 heterocycles. The molecular formula is C32H44N2O2. The zero-order chi connectivity index (χ0) is 26.8. The van der Waals surface area contributed by atoms with E-state index in [4.69, 9.17) is 9.94 Å². The van der Waals surface area contributed by atoms with Crippen molar-refractivity contribution in [2.45, 2.75) is 26.7 Å². The van der Waals surface area contributed by atoms with E-state index in [1.165, 1.54) is 10.6 Å². The normalized spacial score (nSPS) is 12.3. The standard InChI is InChI=1S/C28H33NO.C4H11NO/c1-6-9-16-27(24-14-11-10-12-15-24)28(23(8-3)13-7-2)25-17-19-26(20-18-25)30-22-21-29(4)5;1-3-4-5(2)6/h7-20H,2-3,6,21-22H2,1,4-5H3;6H,3-4H2,1-2H3/b16-9-,23-13+,28-27-;. The zero-order valence-electron chi connectivity index (χ0n) is 22.8. The average molecular weight is 489 g/mol. The van der Waals surface area contributed by atoms with Crippen molar-refractivity contribution in [2.24, 2.45) is 0 Å². The molecule has 0 aromatic heterocycles. The van der Waals surface area contributed by atoms with E-state index < -0.39 is 0 Å². The van der Waals surface area contributed by atoms with Crippen molar-refractivity contribution in [1.29, 1.82) is 0 Å². The van der Waals surface area contributed by atoms with Gasteiger partial charge in [0, 0.05) is 20.1 Å². The van der Waals surface area contributed by atoms with E-state index in [0.29, 0.717) is 6.61 Å². The third-order valence-electron chi connectivity index (χ3n) is 5.18. The van der Waals surface area contributed by atoms with Gasteiger partial charge in [-0.05, 0) is 66.9 Å². The third kappa shape index (κ3) is 11.5. The van der Waals surface area contributed by atoms with E-state index >= 15 is 0 Å². The Morgan fingerprint density at radius 1 is 0.917 bits per heavy atom. The van der Waals surface area contributed by atoms with Gasteiger partial charge in [-0.2, -0.15) is 5.06 Å². The highest BCUT2D eigenvalue weighted by Gasteiger charge is 2.13. The fourth-order valence-electron chi connectivity index (χ4n) is 3.42. The van der Waals surface area contributed by atoms with Gasteiger partial charge in [0.2, 0.25) is 0 Å². The molecular weight excluding hydrogens is 444 g/mol. The molecule has 0 atom stereocenters. The summed E-state index contributed by atoms with van der Waals surface area (Å²) >= 11 is 0. The predicted molar refractivity (Wildman–Crippen MR) is 156 cm³/mol. The van der Waals surface area contributed by atoms with Crippen molar-refractivity contribution >= 4 is 11.1 Å². The van der Waals surface area contributed by atoms with Gasteiger partial charge in [-0.1, -0.05) is 99.9 Å². The fourth-order valence-corrected chi connectivity index (χ4v) is 3.42. The summed E-state index contributed by atoms with van der Waals surface area (Å²) < 4.78 is 5.87. The Morgan fingerprint density at radius 3 is 2.06 bits per heavy atom. The molecule has 0 saturated carbocycles. The first-order valence-corrected chi connectivity index (χ1v) is 12.6. The van der Waals surface area contributed by atoms with Crippen molar-refractivity contribution in [3.8, 4) is 5.75 Å². The van der Waals surface area contributed by atoms with Crippen molar-refractivity contribution in [1.82, 2.24) is 9.96 Å². The van der Waals surface area contributed by atoms with Crippen LogP contribution in [0.15, 0.2) is 104 Å². The van der Waals surface area contributed by atoms with Gasteiger partial charge in [-0.25, -0.2) is 0 Å². The first-order valence-electron chi connectivity index (χ1n) is 12.6. The molecule has 36 heavy (non-hydrogen) atoms. The van der Waals surface area contributed by atoms with E-state index in [1.54, 1.807) is 7.05 Å². The second kappa shape index (κ2) is 18.1. The molecule has 2 aromatic rings. The molecule has 0 saturated heterocycles. The second-order valence-corrected chi connectivity index (χ2v) is 8.58. The Balaban J connectivity index is 0.000000960. The number of allylic oxidation sites excluding steroid dienone is 8. The quantitative estimate of drug-likeness (QED) is 0.180. The van der Waals surface area contributed by atoms with E-state index in [9.17, 15) is 0 Å². The van der Waals surface area contributed by atoms with Crippen LogP contribution in [0.5, 0.6) is 5.75 Å². The molecule has 0 fully saturated rings. The summed E-state index contributed by atoms with van der Waals surface area (Å²) in [6, 6.07) is 18.8. The summed E-state index contributed by atoms with van der Waals surface area (Å²) in [4.78, 5) is 2.11. The van der Waals surface area contributed by atoms with Crippen LogP contribution >= 0.6 is 0 Å². The van der Waals surface area contributed by atoms with Crippen LogP contribution in [0.4, 0.5) is 0 Å². The molecule has 0 aliphatic heterocycles. The van der Waals surface area contributed by atoms with Crippen LogP contribution in [0.1, 0.15) is 37.8 Å². The number of hydrogen-bond donors (Lipinski definition) is 1. The minimum absolute atomic E-state index is 0.665. The van der Waals surface area contributed by atoms with Gasteiger partial charge in [0.15, 0.2) is 0 Å². The molecule has 0 bridgehead atoms. The lowest BCUT2D eigenvalue weighted by atomic mass is 9.88. The topological polar surface area (TPSA) is 35.9 Å². The van der Waals surface area contributed by atoms with Crippen molar-refractivity contribution < 1.29 is 9.94 Å². The Bertz CT molecular complexity index is 985. The molecule has 194 valence electrons. The highest BCUT2D eigenvalue weighted by Crippen LogP contribution is 2.34. The summed E-state index contributed by atoms with van der Waals surface area (Å²) in [5, 5.41) is 9.57. The van der Waals surface area contributed by atoms with Crippen molar-refractivity contribution in [2.75, 3.05) is 40.8 Å². The van der Waals surface area contributed by atoms with Crippen molar-refractivity contribution in [3.05, 3.63) is 115 Å². The maximum absolute atomic E-state index is 8.39. The Labute approximate surface area is 219 Å². The van der Waals surface area contributed by atoms with Crippen LogP contribution in [0, 0.1) is 0 Å². The van der Waals surface area contributed by atoms with Crippen molar-refractivity contribution in [3.63, 3.8) is 0 Å². The molecule has 0 aliphatic rings. The fraction of sp³-hybridized carbons (Fsp3) is 0.312.